The van der Waals surface area contributed by atoms with E-state index in [2.05, 4.69) is 5.32 Å². The molecule has 0 saturated heterocycles. The third kappa shape index (κ3) is 7.26. The molecule has 1 N–H and O–H groups in total. The summed E-state index contributed by atoms with van der Waals surface area (Å²) in [5.74, 6) is -0.134. The maximum Gasteiger partial charge on any atom is 0.308 e. The van der Waals surface area contributed by atoms with Gasteiger partial charge in [0.05, 0.1) is 12.5 Å². The fraction of sp³-hybridized carbons (Fsp3) is 0.833. The third-order valence-electron chi connectivity index (χ3n) is 2.11. The van der Waals surface area contributed by atoms with E-state index in [0.29, 0.717) is 13.2 Å². The number of amides is 1. The molecule has 0 rings (SSSR count). The van der Waals surface area contributed by atoms with Gasteiger partial charge in [-0.15, -0.1) is 0 Å². The van der Waals surface area contributed by atoms with E-state index in [4.69, 9.17) is 4.74 Å². The fourth-order valence-corrected chi connectivity index (χ4v) is 0.982. The number of esters is 1. The minimum atomic E-state index is -0.161. The molecular weight excluding hydrogens is 206 g/mol. The summed E-state index contributed by atoms with van der Waals surface area (Å²) in [6.45, 7) is 8.43. The minimum Gasteiger partial charge on any atom is -0.465 e. The molecule has 0 aliphatic heterocycles. The van der Waals surface area contributed by atoms with E-state index in [0.717, 1.165) is 12.8 Å². The van der Waals surface area contributed by atoms with Gasteiger partial charge in [0.2, 0.25) is 5.91 Å². The molecule has 0 aliphatic rings. The van der Waals surface area contributed by atoms with E-state index < -0.39 is 0 Å². The van der Waals surface area contributed by atoms with Crippen molar-refractivity contribution in [1.82, 2.24) is 5.32 Å². The van der Waals surface area contributed by atoms with Gasteiger partial charge in [-0.2, -0.15) is 0 Å². The lowest BCUT2D eigenvalue weighted by Crippen LogP contribution is -2.28. The predicted molar refractivity (Wildman–Crippen MR) is 62.9 cm³/mol. The number of hydrogen-bond acceptors (Lipinski definition) is 3. The number of hydrogen-bond donors (Lipinski definition) is 1. The zero-order valence-corrected chi connectivity index (χ0v) is 10.7. The number of nitrogens with one attached hydrogen (secondary N) is 1. The molecule has 4 heteroatoms. The number of carbonyl (C=O) groups is 2. The first kappa shape index (κ1) is 14.9. The molecule has 0 aromatic heterocycles. The van der Waals surface area contributed by atoms with E-state index in [9.17, 15) is 9.59 Å². The molecule has 0 aliphatic carbocycles. The Morgan fingerprint density at radius 3 is 2.19 bits per heavy atom. The van der Waals surface area contributed by atoms with Crippen molar-refractivity contribution < 1.29 is 14.3 Å². The first-order valence-corrected chi connectivity index (χ1v) is 5.89. The highest BCUT2D eigenvalue weighted by Crippen LogP contribution is 1.98. The van der Waals surface area contributed by atoms with Crippen LogP contribution in [0.25, 0.3) is 0 Å². The number of unbranched alkanes of at least 4 members (excludes halogenated alkanes) is 1. The molecule has 94 valence electrons. The van der Waals surface area contributed by atoms with Crippen LogP contribution in [0.1, 0.15) is 40.5 Å². The van der Waals surface area contributed by atoms with Crippen LogP contribution in [0.15, 0.2) is 0 Å². The zero-order valence-electron chi connectivity index (χ0n) is 10.7. The minimum absolute atomic E-state index is 0.0266. The summed E-state index contributed by atoms with van der Waals surface area (Å²) in [5, 5.41) is 2.81. The predicted octanol–water partition coefficient (Wildman–Crippen LogP) is 1.74. The molecule has 0 saturated carbocycles. The van der Waals surface area contributed by atoms with Crippen molar-refractivity contribution in [3.8, 4) is 0 Å². The van der Waals surface area contributed by atoms with Crippen LogP contribution in [-0.2, 0) is 14.3 Å². The summed E-state index contributed by atoms with van der Waals surface area (Å²) < 4.78 is 5.01. The Hall–Kier alpha value is -1.06. The van der Waals surface area contributed by atoms with Crippen molar-refractivity contribution >= 4 is 11.9 Å². The SMILES string of the molecule is CC(C)C(=O)NCCCCOC(=O)C(C)C. The van der Waals surface area contributed by atoms with E-state index in [1.54, 1.807) is 0 Å². The van der Waals surface area contributed by atoms with Gasteiger partial charge >= 0.3 is 5.97 Å². The first-order valence-electron chi connectivity index (χ1n) is 5.89. The molecule has 0 spiro atoms. The molecule has 0 radical (unpaired) electrons. The molecule has 16 heavy (non-hydrogen) atoms. The Morgan fingerprint density at radius 1 is 1.06 bits per heavy atom. The Labute approximate surface area is 97.7 Å². The van der Waals surface area contributed by atoms with Gasteiger partial charge in [-0.3, -0.25) is 9.59 Å². The lowest BCUT2D eigenvalue weighted by Gasteiger charge is -2.08. The summed E-state index contributed by atoms with van der Waals surface area (Å²) in [6, 6.07) is 0. The topological polar surface area (TPSA) is 55.4 Å². The summed E-state index contributed by atoms with van der Waals surface area (Å²) in [5.41, 5.74) is 0. The average Bonchev–Trinajstić information content (AvgIpc) is 2.21. The van der Waals surface area contributed by atoms with Crippen LogP contribution in [0.5, 0.6) is 0 Å². The van der Waals surface area contributed by atoms with E-state index >= 15 is 0 Å². The third-order valence-corrected chi connectivity index (χ3v) is 2.11. The Morgan fingerprint density at radius 2 is 1.69 bits per heavy atom. The summed E-state index contributed by atoms with van der Waals surface area (Å²) in [6.07, 6.45) is 1.63. The highest BCUT2D eigenvalue weighted by Gasteiger charge is 2.07. The van der Waals surface area contributed by atoms with Gasteiger partial charge in [-0.1, -0.05) is 27.7 Å². The molecule has 0 unspecified atom stereocenters. The number of ether oxygens (including phenoxy) is 1. The smallest absolute Gasteiger partial charge is 0.308 e. The molecule has 0 aromatic rings. The zero-order chi connectivity index (χ0) is 12.6. The van der Waals surface area contributed by atoms with Gasteiger partial charge in [0.1, 0.15) is 0 Å². The monoisotopic (exact) mass is 229 g/mol. The fourth-order valence-electron chi connectivity index (χ4n) is 0.982. The van der Waals surface area contributed by atoms with Crippen molar-refractivity contribution in [2.75, 3.05) is 13.2 Å². The second-order valence-electron chi connectivity index (χ2n) is 4.48. The Bertz CT molecular complexity index is 200. The van der Waals surface area contributed by atoms with Gasteiger partial charge in [-0.05, 0) is 12.8 Å². The van der Waals surface area contributed by atoms with Gasteiger partial charge in [-0.25, -0.2) is 0 Å². The van der Waals surface area contributed by atoms with Gasteiger partial charge < -0.3 is 10.1 Å². The lowest BCUT2D eigenvalue weighted by molar-refractivity contribution is -0.147. The van der Waals surface area contributed by atoms with E-state index in [1.165, 1.54) is 0 Å². The van der Waals surface area contributed by atoms with Crippen LogP contribution in [0.4, 0.5) is 0 Å². The molecule has 0 bridgehead atoms. The van der Waals surface area contributed by atoms with Crippen molar-refractivity contribution in [2.45, 2.75) is 40.5 Å². The highest BCUT2D eigenvalue weighted by molar-refractivity contribution is 5.77. The maximum absolute atomic E-state index is 11.2. The molecule has 4 nitrogen and oxygen atoms in total. The lowest BCUT2D eigenvalue weighted by atomic mass is 10.2. The standard InChI is InChI=1S/C12H23NO3/c1-9(2)11(14)13-7-5-6-8-16-12(15)10(3)4/h9-10H,5-8H2,1-4H3,(H,13,14). The number of carbonyl (C=O) groups excluding carboxylic acids is 2. The van der Waals surface area contributed by atoms with Crippen LogP contribution in [0, 0.1) is 11.8 Å². The second-order valence-corrected chi connectivity index (χ2v) is 4.48. The van der Waals surface area contributed by atoms with E-state index in [1.807, 2.05) is 27.7 Å². The van der Waals surface area contributed by atoms with Crippen LogP contribution in [-0.4, -0.2) is 25.0 Å². The Balaban J connectivity index is 3.35. The van der Waals surface area contributed by atoms with Crippen molar-refractivity contribution in [1.29, 1.82) is 0 Å². The molecule has 0 fully saturated rings. The van der Waals surface area contributed by atoms with Crippen LogP contribution in [0.3, 0.4) is 0 Å². The van der Waals surface area contributed by atoms with Crippen molar-refractivity contribution in [3.05, 3.63) is 0 Å². The quantitative estimate of drug-likeness (QED) is 0.534. The summed E-state index contributed by atoms with van der Waals surface area (Å²) >= 11 is 0. The van der Waals surface area contributed by atoms with E-state index in [-0.39, 0.29) is 23.7 Å². The summed E-state index contributed by atoms with van der Waals surface area (Å²) in [4.78, 5) is 22.3. The second kappa shape index (κ2) is 8.13. The average molecular weight is 229 g/mol. The van der Waals surface area contributed by atoms with Crippen LogP contribution >= 0.6 is 0 Å². The summed E-state index contributed by atoms with van der Waals surface area (Å²) in [7, 11) is 0. The van der Waals surface area contributed by atoms with Crippen molar-refractivity contribution in [2.24, 2.45) is 11.8 Å². The van der Waals surface area contributed by atoms with Gasteiger partial charge in [0, 0.05) is 12.5 Å². The molecule has 0 aromatic carbocycles. The molecule has 0 heterocycles. The maximum atomic E-state index is 11.2. The molecular formula is C12H23NO3. The normalized spacial score (nSPS) is 10.6. The first-order chi connectivity index (χ1) is 7.45. The Kier molecular flexibility index (Phi) is 7.60. The van der Waals surface area contributed by atoms with Crippen molar-refractivity contribution in [3.63, 3.8) is 0 Å². The van der Waals surface area contributed by atoms with Gasteiger partial charge in [0.15, 0.2) is 0 Å². The molecule has 1 amide bonds. The molecule has 0 atom stereocenters. The van der Waals surface area contributed by atoms with Gasteiger partial charge in [0.25, 0.3) is 0 Å². The largest absolute Gasteiger partial charge is 0.465 e. The van der Waals surface area contributed by atoms with Crippen LogP contribution in [0.2, 0.25) is 0 Å². The highest BCUT2D eigenvalue weighted by atomic mass is 16.5. The van der Waals surface area contributed by atoms with Crippen LogP contribution < -0.4 is 5.32 Å². The number of rotatable bonds is 7.